The molecule has 0 unspecified atom stereocenters. The van der Waals surface area contributed by atoms with Crippen LogP contribution >= 0.6 is 23.4 Å². The molecular weight excluding hydrogens is 306 g/mol. The number of nitriles is 1. The molecule has 108 valence electrons. The van der Waals surface area contributed by atoms with Gasteiger partial charge in [0.15, 0.2) is 5.16 Å². The van der Waals surface area contributed by atoms with Gasteiger partial charge >= 0.3 is 0 Å². The zero-order valence-corrected chi connectivity index (χ0v) is 13.2. The van der Waals surface area contributed by atoms with Crippen molar-refractivity contribution in [3.8, 4) is 6.07 Å². The highest BCUT2D eigenvalue weighted by molar-refractivity contribution is 7.98. The number of anilines is 3. The molecule has 1 aromatic carbocycles. The van der Waals surface area contributed by atoms with E-state index in [4.69, 9.17) is 16.9 Å². The molecule has 0 fully saturated rings. The largest absolute Gasteiger partial charge is 0.370 e. The standard InChI is InChI=1S/C14H14ClN5S/c1-3-17-12-7-13(20-14(19-12)21-2)18-11-5-4-9(8-16)6-10(11)15/h4-7H,3H2,1-2H3,(H2,17,18,19,20). The average molecular weight is 320 g/mol. The molecule has 5 nitrogen and oxygen atoms in total. The molecule has 0 saturated carbocycles. The van der Waals surface area contributed by atoms with Crippen LogP contribution in [0.5, 0.6) is 0 Å². The summed E-state index contributed by atoms with van der Waals surface area (Å²) in [6.45, 7) is 2.79. The van der Waals surface area contributed by atoms with Crippen molar-refractivity contribution in [2.75, 3.05) is 23.4 Å². The van der Waals surface area contributed by atoms with Gasteiger partial charge in [0.05, 0.1) is 22.3 Å². The zero-order valence-electron chi connectivity index (χ0n) is 11.6. The number of hydrogen-bond acceptors (Lipinski definition) is 6. The first-order valence-corrected chi connectivity index (χ1v) is 7.90. The van der Waals surface area contributed by atoms with Gasteiger partial charge in [-0.3, -0.25) is 0 Å². The van der Waals surface area contributed by atoms with Crippen LogP contribution in [-0.2, 0) is 0 Å². The van der Waals surface area contributed by atoms with Crippen molar-refractivity contribution in [2.45, 2.75) is 12.1 Å². The lowest BCUT2D eigenvalue weighted by Gasteiger charge is -2.11. The zero-order chi connectivity index (χ0) is 15.2. The minimum atomic E-state index is 0.475. The Labute approximate surface area is 132 Å². The molecule has 7 heteroatoms. The van der Waals surface area contributed by atoms with Gasteiger partial charge in [0.25, 0.3) is 0 Å². The highest BCUT2D eigenvalue weighted by Gasteiger charge is 2.07. The summed E-state index contributed by atoms with van der Waals surface area (Å²) in [6.07, 6.45) is 1.92. The van der Waals surface area contributed by atoms with Crippen LogP contribution in [0.15, 0.2) is 29.4 Å². The predicted molar refractivity (Wildman–Crippen MR) is 87.4 cm³/mol. The fraction of sp³-hybridized carbons (Fsp3) is 0.214. The quantitative estimate of drug-likeness (QED) is 0.643. The number of aromatic nitrogens is 2. The summed E-state index contributed by atoms with van der Waals surface area (Å²) in [5.74, 6) is 1.40. The average Bonchev–Trinajstić information content (AvgIpc) is 2.49. The maximum Gasteiger partial charge on any atom is 0.191 e. The van der Waals surface area contributed by atoms with Gasteiger partial charge in [-0.1, -0.05) is 23.4 Å². The molecule has 0 spiro atoms. The lowest BCUT2D eigenvalue weighted by Crippen LogP contribution is -2.03. The molecule has 0 radical (unpaired) electrons. The van der Waals surface area contributed by atoms with Crippen LogP contribution in [0.25, 0.3) is 0 Å². The number of hydrogen-bond donors (Lipinski definition) is 2. The Balaban J connectivity index is 2.30. The number of nitrogens with one attached hydrogen (secondary N) is 2. The molecule has 2 rings (SSSR count). The Morgan fingerprint density at radius 2 is 2.05 bits per heavy atom. The van der Waals surface area contributed by atoms with Gasteiger partial charge in [-0.15, -0.1) is 0 Å². The van der Waals surface area contributed by atoms with E-state index in [1.54, 1.807) is 18.2 Å². The van der Waals surface area contributed by atoms with Gasteiger partial charge in [0, 0.05) is 12.6 Å². The van der Waals surface area contributed by atoms with E-state index in [1.165, 1.54) is 11.8 Å². The summed E-state index contributed by atoms with van der Waals surface area (Å²) in [7, 11) is 0. The Bertz CT molecular complexity index is 684. The van der Waals surface area contributed by atoms with Crippen LogP contribution in [0.4, 0.5) is 17.3 Å². The van der Waals surface area contributed by atoms with Crippen molar-refractivity contribution in [3.05, 3.63) is 34.9 Å². The van der Waals surface area contributed by atoms with Crippen LogP contribution in [0, 0.1) is 11.3 Å². The second kappa shape index (κ2) is 7.16. The second-order valence-electron chi connectivity index (χ2n) is 4.09. The van der Waals surface area contributed by atoms with E-state index in [-0.39, 0.29) is 0 Å². The number of benzene rings is 1. The van der Waals surface area contributed by atoms with Gasteiger partial charge in [-0.25, -0.2) is 9.97 Å². The van der Waals surface area contributed by atoms with Gasteiger partial charge in [-0.2, -0.15) is 5.26 Å². The Hall–Kier alpha value is -1.97. The molecule has 0 bridgehead atoms. The molecule has 1 aromatic heterocycles. The van der Waals surface area contributed by atoms with Gasteiger partial charge in [0.1, 0.15) is 11.6 Å². The first-order chi connectivity index (χ1) is 10.2. The summed E-state index contributed by atoms with van der Waals surface area (Å²) < 4.78 is 0. The third-order valence-corrected chi connectivity index (χ3v) is 3.47. The number of nitrogens with zero attached hydrogens (tertiary/aromatic N) is 3. The van der Waals surface area contributed by atoms with Crippen molar-refractivity contribution in [2.24, 2.45) is 0 Å². The lowest BCUT2D eigenvalue weighted by atomic mass is 10.2. The van der Waals surface area contributed by atoms with E-state index in [2.05, 4.69) is 26.7 Å². The normalized spacial score (nSPS) is 10.0. The smallest absolute Gasteiger partial charge is 0.191 e. The van der Waals surface area contributed by atoms with E-state index < -0.39 is 0 Å². The molecule has 2 N–H and O–H groups in total. The van der Waals surface area contributed by atoms with Gasteiger partial charge in [0.2, 0.25) is 0 Å². The fourth-order valence-electron chi connectivity index (χ4n) is 1.68. The molecule has 0 aliphatic rings. The van der Waals surface area contributed by atoms with Crippen LogP contribution in [0.3, 0.4) is 0 Å². The molecule has 0 aliphatic heterocycles. The van der Waals surface area contributed by atoms with Crippen molar-refractivity contribution in [3.63, 3.8) is 0 Å². The van der Waals surface area contributed by atoms with E-state index in [0.29, 0.717) is 27.2 Å². The van der Waals surface area contributed by atoms with E-state index >= 15 is 0 Å². The predicted octanol–water partition coefficient (Wildman–Crippen LogP) is 3.90. The monoisotopic (exact) mass is 319 g/mol. The summed E-state index contributed by atoms with van der Waals surface area (Å²) >= 11 is 7.62. The van der Waals surface area contributed by atoms with Gasteiger partial charge < -0.3 is 10.6 Å². The second-order valence-corrected chi connectivity index (χ2v) is 5.27. The molecule has 1 heterocycles. The maximum atomic E-state index is 8.85. The molecule has 0 saturated heterocycles. The molecule has 0 amide bonds. The van der Waals surface area contributed by atoms with Crippen molar-refractivity contribution >= 4 is 40.7 Å². The van der Waals surface area contributed by atoms with Crippen LogP contribution in [0.2, 0.25) is 5.02 Å². The molecular formula is C14H14ClN5S. The summed E-state index contributed by atoms with van der Waals surface area (Å²) in [6, 6.07) is 8.95. The number of rotatable bonds is 5. The van der Waals surface area contributed by atoms with E-state index in [9.17, 15) is 0 Å². The summed E-state index contributed by atoms with van der Waals surface area (Å²) in [5, 5.41) is 16.3. The van der Waals surface area contributed by atoms with Crippen molar-refractivity contribution < 1.29 is 0 Å². The molecule has 0 atom stereocenters. The molecule has 2 aromatic rings. The van der Waals surface area contributed by atoms with Crippen LogP contribution < -0.4 is 10.6 Å². The topological polar surface area (TPSA) is 73.6 Å². The van der Waals surface area contributed by atoms with Crippen LogP contribution in [-0.4, -0.2) is 22.8 Å². The maximum absolute atomic E-state index is 8.85. The van der Waals surface area contributed by atoms with Crippen molar-refractivity contribution in [1.29, 1.82) is 5.26 Å². The third-order valence-electron chi connectivity index (χ3n) is 2.61. The fourth-order valence-corrected chi connectivity index (χ4v) is 2.28. The minimum Gasteiger partial charge on any atom is -0.370 e. The highest BCUT2D eigenvalue weighted by atomic mass is 35.5. The third kappa shape index (κ3) is 4.00. The number of thioether (sulfide) groups is 1. The van der Waals surface area contributed by atoms with Gasteiger partial charge in [-0.05, 0) is 31.4 Å². The van der Waals surface area contributed by atoms with Crippen LogP contribution in [0.1, 0.15) is 12.5 Å². The van der Waals surface area contributed by atoms with E-state index in [0.717, 1.165) is 12.4 Å². The summed E-state index contributed by atoms with van der Waals surface area (Å²) in [4.78, 5) is 8.75. The van der Waals surface area contributed by atoms with Crippen molar-refractivity contribution in [1.82, 2.24) is 9.97 Å². The molecule has 0 aliphatic carbocycles. The SMILES string of the molecule is CCNc1cc(Nc2ccc(C#N)cc2Cl)nc(SC)n1. The highest BCUT2D eigenvalue weighted by Crippen LogP contribution is 2.27. The van der Waals surface area contributed by atoms with E-state index in [1.807, 2.05) is 19.2 Å². The Morgan fingerprint density at radius 3 is 2.67 bits per heavy atom. The minimum absolute atomic E-state index is 0.475. The Morgan fingerprint density at radius 1 is 1.29 bits per heavy atom. The summed E-state index contributed by atoms with van der Waals surface area (Å²) in [5.41, 5.74) is 1.22. The first-order valence-electron chi connectivity index (χ1n) is 6.30. The Kier molecular flexibility index (Phi) is 5.26. The first kappa shape index (κ1) is 15.4. The molecule has 21 heavy (non-hydrogen) atoms. The number of halogens is 1. The lowest BCUT2D eigenvalue weighted by molar-refractivity contribution is 0.967.